The van der Waals surface area contributed by atoms with Crippen LogP contribution >= 0.6 is 0 Å². The Labute approximate surface area is 98.2 Å². The van der Waals surface area contributed by atoms with Crippen LogP contribution < -0.4 is 5.32 Å². The zero-order valence-corrected chi connectivity index (χ0v) is 10.9. The maximum Gasteiger partial charge on any atom is 0.0641 e. The predicted molar refractivity (Wildman–Crippen MR) is 66.4 cm³/mol. The lowest BCUT2D eigenvalue weighted by Crippen LogP contribution is -2.17. The van der Waals surface area contributed by atoms with Crippen molar-refractivity contribution in [1.82, 2.24) is 15.1 Å². The summed E-state index contributed by atoms with van der Waals surface area (Å²) in [7, 11) is 0. The van der Waals surface area contributed by atoms with E-state index >= 15 is 0 Å². The molecular weight excluding hydrogens is 198 g/mol. The lowest BCUT2D eigenvalue weighted by Gasteiger charge is -2.05. The molecule has 0 aliphatic heterocycles. The molecule has 0 radical (unpaired) electrons. The molecule has 0 aromatic carbocycles. The molecule has 0 spiro atoms. The Bertz CT molecular complexity index is 367. The van der Waals surface area contributed by atoms with Gasteiger partial charge in [0.05, 0.1) is 5.69 Å². The summed E-state index contributed by atoms with van der Waals surface area (Å²) < 4.78 is 2.09. The summed E-state index contributed by atoms with van der Waals surface area (Å²) in [6, 6.07) is 0. The highest BCUT2D eigenvalue weighted by atomic mass is 15.3. The van der Waals surface area contributed by atoms with Gasteiger partial charge in [0.1, 0.15) is 0 Å². The van der Waals surface area contributed by atoms with Crippen molar-refractivity contribution in [3.8, 4) is 0 Å². The summed E-state index contributed by atoms with van der Waals surface area (Å²) in [5.74, 6) is 1.86. The third-order valence-electron chi connectivity index (χ3n) is 3.82. The van der Waals surface area contributed by atoms with E-state index in [0.29, 0.717) is 0 Å². The van der Waals surface area contributed by atoms with Crippen molar-refractivity contribution in [1.29, 1.82) is 0 Å². The fraction of sp³-hybridized carbons (Fsp3) is 0.769. The average Bonchev–Trinajstić information content (AvgIpc) is 2.88. The fourth-order valence-corrected chi connectivity index (χ4v) is 2.36. The third kappa shape index (κ3) is 2.29. The number of aryl methyl sites for hydroxylation is 2. The summed E-state index contributed by atoms with van der Waals surface area (Å²) in [5, 5.41) is 8.09. The molecule has 3 nitrogen and oxygen atoms in total. The van der Waals surface area contributed by atoms with Crippen molar-refractivity contribution in [2.24, 2.45) is 11.8 Å². The molecule has 2 unspecified atom stereocenters. The van der Waals surface area contributed by atoms with Gasteiger partial charge in [0.2, 0.25) is 0 Å². The van der Waals surface area contributed by atoms with Crippen LogP contribution in [0.2, 0.25) is 0 Å². The van der Waals surface area contributed by atoms with Gasteiger partial charge in [-0.25, -0.2) is 0 Å². The first kappa shape index (κ1) is 11.6. The van der Waals surface area contributed by atoms with E-state index in [9.17, 15) is 0 Å². The zero-order chi connectivity index (χ0) is 11.7. The van der Waals surface area contributed by atoms with Gasteiger partial charge < -0.3 is 5.32 Å². The Balaban J connectivity index is 1.90. The minimum absolute atomic E-state index is 0.918. The van der Waals surface area contributed by atoms with Crippen LogP contribution in [0.3, 0.4) is 0 Å². The average molecular weight is 221 g/mol. The zero-order valence-electron chi connectivity index (χ0n) is 10.9. The first-order chi connectivity index (χ1) is 7.63. The molecule has 2 rings (SSSR count). The third-order valence-corrected chi connectivity index (χ3v) is 3.82. The number of aromatic nitrogens is 2. The van der Waals surface area contributed by atoms with Crippen molar-refractivity contribution >= 4 is 0 Å². The van der Waals surface area contributed by atoms with Crippen molar-refractivity contribution in [2.75, 3.05) is 6.54 Å². The number of hydrogen-bond acceptors (Lipinski definition) is 2. The number of nitrogens with zero attached hydrogens (tertiary/aromatic N) is 2. The Hall–Kier alpha value is -0.830. The van der Waals surface area contributed by atoms with Gasteiger partial charge in [-0.2, -0.15) is 5.10 Å². The topological polar surface area (TPSA) is 29.9 Å². The smallest absolute Gasteiger partial charge is 0.0641 e. The van der Waals surface area contributed by atoms with E-state index in [1.54, 1.807) is 0 Å². The van der Waals surface area contributed by atoms with Crippen molar-refractivity contribution in [3.63, 3.8) is 0 Å². The highest BCUT2D eigenvalue weighted by molar-refractivity contribution is 5.24. The summed E-state index contributed by atoms with van der Waals surface area (Å²) in [6.07, 6.45) is 1.40. The van der Waals surface area contributed by atoms with E-state index in [1.807, 2.05) is 0 Å². The van der Waals surface area contributed by atoms with Crippen LogP contribution in [0.1, 0.15) is 37.2 Å². The van der Waals surface area contributed by atoms with Gasteiger partial charge in [0, 0.05) is 24.3 Å². The van der Waals surface area contributed by atoms with Crippen LogP contribution in [0.25, 0.3) is 0 Å². The van der Waals surface area contributed by atoms with Crippen molar-refractivity contribution < 1.29 is 0 Å². The van der Waals surface area contributed by atoms with Gasteiger partial charge in [-0.05, 0) is 45.6 Å². The van der Waals surface area contributed by atoms with Gasteiger partial charge in [-0.15, -0.1) is 0 Å². The molecule has 1 aliphatic carbocycles. The van der Waals surface area contributed by atoms with Crippen molar-refractivity contribution in [3.05, 3.63) is 17.0 Å². The summed E-state index contributed by atoms with van der Waals surface area (Å²) in [4.78, 5) is 0. The van der Waals surface area contributed by atoms with E-state index in [1.165, 1.54) is 23.4 Å². The Morgan fingerprint density at radius 3 is 2.62 bits per heavy atom. The summed E-state index contributed by atoms with van der Waals surface area (Å²) in [5.41, 5.74) is 3.88. The summed E-state index contributed by atoms with van der Waals surface area (Å²) in [6.45, 7) is 11.8. The van der Waals surface area contributed by atoms with Gasteiger partial charge in [0.15, 0.2) is 0 Å². The van der Waals surface area contributed by atoms with Crippen LogP contribution in [0, 0.1) is 25.7 Å². The van der Waals surface area contributed by atoms with Gasteiger partial charge in [-0.1, -0.05) is 6.92 Å². The fourth-order valence-electron chi connectivity index (χ4n) is 2.36. The Morgan fingerprint density at radius 2 is 2.12 bits per heavy atom. The molecule has 1 aromatic heterocycles. The maximum absolute atomic E-state index is 4.53. The number of hydrogen-bond donors (Lipinski definition) is 1. The Morgan fingerprint density at radius 1 is 1.44 bits per heavy atom. The van der Waals surface area contributed by atoms with Crippen molar-refractivity contribution in [2.45, 2.75) is 47.2 Å². The quantitative estimate of drug-likeness (QED) is 0.826. The second kappa shape index (κ2) is 4.58. The van der Waals surface area contributed by atoms with Crippen LogP contribution in [-0.4, -0.2) is 16.3 Å². The van der Waals surface area contributed by atoms with Crippen LogP contribution in [0.15, 0.2) is 0 Å². The number of rotatable bonds is 5. The molecular formula is C13H23N3. The second-order valence-corrected chi connectivity index (χ2v) is 5.07. The lowest BCUT2D eigenvalue weighted by atomic mass is 10.2. The molecule has 1 saturated carbocycles. The molecule has 90 valence electrons. The molecule has 1 aromatic rings. The molecule has 1 N–H and O–H groups in total. The molecule has 1 fully saturated rings. The SMILES string of the molecule is CCn1nc(C)c(CNCC2CC2C)c1C. The normalized spacial score (nSPS) is 23.8. The minimum atomic E-state index is 0.918. The standard InChI is InChI=1S/C13H23N3/c1-5-16-11(4)13(10(3)15-16)8-14-7-12-6-9(12)2/h9,12,14H,5-8H2,1-4H3. The first-order valence-electron chi connectivity index (χ1n) is 6.37. The molecule has 0 saturated heterocycles. The van der Waals surface area contributed by atoms with Gasteiger partial charge >= 0.3 is 0 Å². The predicted octanol–water partition coefficient (Wildman–Crippen LogP) is 2.27. The molecule has 0 bridgehead atoms. The molecule has 1 heterocycles. The highest BCUT2D eigenvalue weighted by Gasteiger charge is 2.31. The Kier molecular flexibility index (Phi) is 3.33. The van der Waals surface area contributed by atoms with E-state index in [4.69, 9.17) is 0 Å². The van der Waals surface area contributed by atoms with Crippen LogP contribution in [-0.2, 0) is 13.1 Å². The molecule has 1 aliphatic rings. The molecule has 2 atom stereocenters. The molecule has 3 heteroatoms. The minimum Gasteiger partial charge on any atom is -0.312 e. The maximum atomic E-state index is 4.53. The second-order valence-electron chi connectivity index (χ2n) is 5.07. The van der Waals surface area contributed by atoms with Gasteiger partial charge in [-0.3, -0.25) is 4.68 Å². The number of nitrogens with one attached hydrogen (secondary N) is 1. The lowest BCUT2D eigenvalue weighted by molar-refractivity contribution is 0.605. The van der Waals surface area contributed by atoms with E-state index in [-0.39, 0.29) is 0 Å². The monoisotopic (exact) mass is 221 g/mol. The molecule has 16 heavy (non-hydrogen) atoms. The highest BCUT2D eigenvalue weighted by Crippen LogP contribution is 2.36. The van der Waals surface area contributed by atoms with Crippen LogP contribution in [0.5, 0.6) is 0 Å². The largest absolute Gasteiger partial charge is 0.312 e. The van der Waals surface area contributed by atoms with E-state index < -0.39 is 0 Å². The van der Waals surface area contributed by atoms with Gasteiger partial charge in [0.25, 0.3) is 0 Å². The van der Waals surface area contributed by atoms with E-state index in [2.05, 4.69) is 42.8 Å². The summed E-state index contributed by atoms with van der Waals surface area (Å²) >= 11 is 0. The molecule has 0 amide bonds. The first-order valence-corrected chi connectivity index (χ1v) is 6.37. The van der Waals surface area contributed by atoms with Crippen LogP contribution in [0.4, 0.5) is 0 Å². The van der Waals surface area contributed by atoms with E-state index in [0.717, 1.165) is 31.5 Å².